The molecule has 0 saturated heterocycles. The van der Waals surface area contributed by atoms with E-state index in [0.717, 1.165) is 0 Å². The van der Waals surface area contributed by atoms with Crippen molar-refractivity contribution in [2.45, 2.75) is 46.1 Å². The smallest absolute Gasteiger partial charge is 0.329 e. The summed E-state index contributed by atoms with van der Waals surface area (Å²) in [6, 6.07) is 4.81. The molecule has 0 aliphatic heterocycles. The van der Waals surface area contributed by atoms with Crippen LogP contribution in [-0.2, 0) is 4.79 Å². The van der Waals surface area contributed by atoms with E-state index < -0.39 is 17.4 Å². The van der Waals surface area contributed by atoms with Gasteiger partial charge in [0, 0.05) is 5.56 Å². The maximum absolute atomic E-state index is 12.4. The van der Waals surface area contributed by atoms with Crippen LogP contribution in [-0.4, -0.2) is 36.2 Å². The molecule has 0 heterocycles. The molecule has 0 aliphatic rings. The number of carboxylic acid groups (broad SMARTS) is 1. The van der Waals surface area contributed by atoms with E-state index in [1.165, 1.54) is 14.0 Å². The summed E-state index contributed by atoms with van der Waals surface area (Å²) < 4.78 is 10.9. The van der Waals surface area contributed by atoms with E-state index in [-0.39, 0.29) is 0 Å². The molecule has 0 bridgehead atoms. The first-order valence-electron chi connectivity index (χ1n) is 8.10. The zero-order chi connectivity index (χ0) is 18.3. The minimum absolute atomic E-state index is 0.326. The predicted octanol–water partition coefficient (Wildman–Crippen LogP) is 3.10. The summed E-state index contributed by atoms with van der Waals surface area (Å²) in [5.74, 6) is -0.153. The van der Waals surface area contributed by atoms with Crippen molar-refractivity contribution in [3.8, 4) is 11.5 Å². The zero-order valence-electron chi connectivity index (χ0n) is 15.0. The lowest BCUT2D eigenvalue weighted by atomic mass is 9.95. The molecule has 1 aromatic carbocycles. The van der Waals surface area contributed by atoms with Crippen LogP contribution in [0.3, 0.4) is 0 Å². The van der Waals surface area contributed by atoms with Crippen molar-refractivity contribution in [2.24, 2.45) is 5.92 Å². The van der Waals surface area contributed by atoms with Crippen molar-refractivity contribution in [1.29, 1.82) is 0 Å². The molecule has 2 N–H and O–H groups in total. The molecule has 0 saturated carbocycles. The lowest BCUT2D eigenvalue weighted by Gasteiger charge is -2.26. The Balaban J connectivity index is 2.97. The van der Waals surface area contributed by atoms with Gasteiger partial charge in [-0.05, 0) is 37.5 Å². The van der Waals surface area contributed by atoms with Crippen LogP contribution in [0.25, 0.3) is 0 Å². The number of hydrogen-bond donors (Lipinski definition) is 2. The van der Waals surface area contributed by atoms with Gasteiger partial charge in [0.15, 0.2) is 11.5 Å². The summed E-state index contributed by atoms with van der Waals surface area (Å²) in [6.45, 7) is 7.99. The van der Waals surface area contributed by atoms with Gasteiger partial charge in [-0.3, -0.25) is 4.79 Å². The van der Waals surface area contributed by atoms with E-state index >= 15 is 0 Å². The van der Waals surface area contributed by atoms with Crippen molar-refractivity contribution in [1.82, 2.24) is 5.32 Å². The van der Waals surface area contributed by atoms with Crippen LogP contribution in [0.15, 0.2) is 18.2 Å². The Morgan fingerprint density at radius 1 is 1.29 bits per heavy atom. The first-order chi connectivity index (χ1) is 11.2. The van der Waals surface area contributed by atoms with Crippen molar-refractivity contribution < 1.29 is 24.2 Å². The average Bonchev–Trinajstić information content (AvgIpc) is 2.52. The molecule has 1 unspecified atom stereocenters. The fourth-order valence-electron chi connectivity index (χ4n) is 2.23. The van der Waals surface area contributed by atoms with Gasteiger partial charge >= 0.3 is 5.97 Å². The lowest BCUT2D eigenvalue weighted by Crippen LogP contribution is -2.52. The normalized spacial score (nSPS) is 13.2. The Morgan fingerprint density at radius 2 is 1.96 bits per heavy atom. The number of aliphatic carboxylic acids is 1. The summed E-state index contributed by atoms with van der Waals surface area (Å²) >= 11 is 0. The zero-order valence-corrected chi connectivity index (χ0v) is 15.0. The summed E-state index contributed by atoms with van der Waals surface area (Å²) in [4.78, 5) is 23.9. The van der Waals surface area contributed by atoms with Crippen LogP contribution in [0.2, 0.25) is 0 Å². The number of ether oxygens (including phenoxy) is 2. The Bertz CT molecular complexity index is 585. The van der Waals surface area contributed by atoms with E-state index in [1.54, 1.807) is 18.2 Å². The molecule has 0 spiro atoms. The average molecular weight is 337 g/mol. The minimum atomic E-state index is -1.30. The molecule has 1 atom stereocenters. The molecular formula is C18H27NO5. The van der Waals surface area contributed by atoms with Gasteiger partial charge in [0.05, 0.1) is 13.7 Å². The van der Waals surface area contributed by atoms with Crippen LogP contribution >= 0.6 is 0 Å². The molecule has 0 aromatic heterocycles. The number of nitrogens with one attached hydrogen (secondary N) is 1. The Morgan fingerprint density at radius 3 is 2.46 bits per heavy atom. The van der Waals surface area contributed by atoms with Crippen LogP contribution in [0, 0.1) is 5.92 Å². The number of hydrogen-bond acceptors (Lipinski definition) is 4. The Kier molecular flexibility index (Phi) is 7.07. The summed E-state index contributed by atoms with van der Waals surface area (Å²) in [5.41, 5.74) is -0.973. The highest BCUT2D eigenvalue weighted by Gasteiger charge is 2.34. The van der Waals surface area contributed by atoms with Crippen LogP contribution in [0.4, 0.5) is 0 Å². The van der Waals surface area contributed by atoms with E-state index in [1.807, 2.05) is 20.8 Å². The van der Waals surface area contributed by atoms with Crippen LogP contribution in [0.1, 0.15) is 50.9 Å². The van der Waals surface area contributed by atoms with Gasteiger partial charge in [-0.2, -0.15) is 0 Å². The van der Waals surface area contributed by atoms with Crippen LogP contribution in [0.5, 0.6) is 11.5 Å². The van der Waals surface area contributed by atoms with Gasteiger partial charge in [0.1, 0.15) is 5.54 Å². The third-order valence-corrected chi connectivity index (χ3v) is 3.61. The number of carbonyl (C=O) groups excluding carboxylic acids is 1. The number of carbonyl (C=O) groups is 2. The van der Waals surface area contributed by atoms with E-state index in [0.29, 0.717) is 42.4 Å². The highest BCUT2D eigenvalue weighted by Crippen LogP contribution is 2.29. The second-order valence-corrected chi connectivity index (χ2v) is 6.41. The Hall–Kier alpha value is -2.24. The second-order valence-electron chi connectivity index (χ2n) is 6.41. The molecule has 0 radical (unpaired) electrons. The van der Waals surface area contributed by atoms with Crippen LogP contribution < -0.4 is 14.8 Å². The molecule has 1 rings (SSSR count). The van der Waals surface area contributed by atoms with E-state index in [2.05, 4.69) is 5.32 Å². The third kappa shape index (κ3) is 5.15. The molecule has 0 fully saturated rings. The number of rotatable bonds is 9. The molecule has 1 aromatic rings. The van der Waals surface area contributed by atoms with E-state index in [4.69, 9.17) is 9.47 Å². The fraction of sp³-hybridized carbons (Fsp3) is 0.556. The lowest BCUT2D eigenvalue weighted by molar-refractivity contribution is -0.144. The first kappa shape index (κ1) is 19.8. The number of amides is 1. The summed E-state index contributed by atoms with van der Waals surface area (Å²) in [7, 11) is 1.50. The maximum atomic E-state index is 12.4. The van der Waals surface area contributed by atoms with Crippen molar-refractivity contribution in [2.75, 3.05) is 13.7 Å². The Labute approximate surface area is 143 Å². The fourth-order valence-corrected chi connectivity index (χ4v) is 2.23. The number of carboxylic acids is 1. The topological polar surface area (TPSA) is 84.9 Å². The number of methoxy groups -OCH3 is 1. The van der Waals surface area contributed by atoms with Crippen molar-refractivity contribution in [3.63, 3.8) is 0 Å². The van der Waals surface area contributed by atoms with Crippen molar-refractivity contribution in [3.05, 3.63) is 23.8 Å². The van der Waals surface area contributed by atoms with Gasteiger partial charge in [-0.15, -0.1) is 0 Å². The third-order valence-electron chi connectivity index (χ3n) is 3.61. The van der Waals surface area contributed by atoms with Gasteiger partial charge in [-0.25, -0.2) is 4.79 Å². The summed E-state index contributed by atoms with van der Waals surface area (Å²) in [6.07, 6.45) is 0.995. The molecular weight excluding hydrogens is 310 g/mol. The predicted molar refractivity (Wildman–Crippen MR) is 91.7 cm³/mol. The SMILES string of the molecule is CCCC(C)(NC(=O)c1ccc(OCC(C)C)c(OC)c1)C(=O)O. The van der Waals surface area contributed by atoms with Gasteiger partial charge in [0.2, 0.25) is 0 Å². The van der Waals surface area contributed by atoms with Crippen molar-refractivity contribution >= 4 is 11.9 Å². The molecule has 1 amide bonds. The van der Waals surface area contributed by atoms with Gasteiger partial charge in [-0.1, -0.05) is 27.2 Å². The molecule has 6 nitrogen and oxygen atoms in total. The second kappa shape index (κ2) is 8.57. The monoisotopic (exact) mass is 337 g/mol. The minimum Gasteiger partial charge on any atom is -0.493 e. The molecule has 0 aliphatic carbocycles. The van der Waals surface area contributed by atoms with E-state index in [9.17, 15) is 14.7 Å². The largest absolute Gasteiger partial charge is 0.493 e. The number of benzene rings is 1. The highest BCUT2D eigenvalue weighted by atomic mass is 16.5. The molecule has 6 heteroatoms. The highest BCUT2D eigenvalue weighted by molar-refractivity contribution is 5.98. The van der Waals surface area contributed by atoms with Gasteiger partial charge < -0.3 is 19.9 Å². The van der Waals surface area contributed by atoms with Gasteiger partial charge in [0.25, 0.3) is 5.91 Å². The standard InChI is InChI=1S/C18H27NO5/c1-6-9-18(4,17(21)22)19-16(20)13-7-8-14(15(10-13)23-5)24-11-12(2)3/h7-8,10,12H,6,9,11H2,1-5H3,(H,19,20)(H,21,22). The summed E-state index contributed by atoms with van der Waals surface area (Å²) in [5, 5.41) is 12.0. The molecule has 134 valence electrons. The molecule has 24 heavy (non-hydrogen) atoms. The maximum Gasteiger partial charge on any atom is 0.329 e. The first-order valence-corrected chi connectivity index (χ1v) is 8.10. The quantitative estimate of drug-likeness (QED) is 0.723.